The van der Waals surface area contributed by atoms with Crippen molar-refractivity contribution in [2.45, 2.75) is 26.8 Å². The standard InChI is InChI=1S/C14H17N3O3/c1-14(2,3)11(12(18)19)17-13(20)16-10-6-4-5-9(7-10)8-15/h4-7,11H,1-3H3,(H,18,19)(H2,16,17,20). The number of amides is 2. The van der Waals surface area contributed by atoms with Crippen LogP contribution in [-0.4, -0.2) is 23.1 Å². The summed E-state index contributed by atoms with van der Waals surface area (Å²) in [6, 6.07) is 6.69. The van der Waals surface area contributed by atoms with E-state index in [2.05, 4.69) is 10.6 Å². The molecule has 0 aliphatic carbocycles. The van der Waals surface area contributed by atoms with E-state index in [-0.39, 0.29) is 0 Å². The quantitative estimate of drug-likeness (QED) is 0.786. The SMILES string of the molecule is CC(C)(C)C(NC(=O)Nc1cccc(C#N)c1)C(=O)O. The van der Waals surface area contributed by atoms with Gasteiger partial charge in [0.25, 0.3) is 0 Å². The van der Waals surface area contributed by atoms with Crippen LogP contribution in [0.5, 0.6) is 0 Å². The fraction of sp³-hybridized carbons (Fsp3) is 0.357. The molecule has 0 saturated heterocycles. The number of carboxylic acids is 1. The average molecular weight is 275 g/mol. The summed E-state index contributed by atoms with van der Waals surface area (Å²) in [7, 11) is 0. The zero-order valence-corrected chi connectivity index (χ0v) is 11.6. The van der Waals surface area contributed by atoms with Crippen LogP contribution in [0.1, 0.15) is 26.3 Å². The van der Waals surface area contributed by atoms with Crippen molar-refractivity contribution in [1.82, 2.24) is 5.32 Å². The summed E-state index contributed by atoms with van der Waals surface area (Å²) < 4.78 is 0. The van der Waals surface area contributed by atoms with Crippen LogP contribution in [0, 0.1) is 16.7 Å². The van der Waals surface area contributed by atoms with Gasteiger partial charge in [0.15, 0.2) is 0 Å². The van der Waals surface area contributed by atoms with Crippen molar-refractivity contribution in [3.8, 4) is 6.07 Å². The van der Waals surface area contributed by atoms with Crippen molar-refractivity contribution < 1.29 is 14.7 Å². The Hall–Kier alpha value is -2.55. The van der Waals surface area contributed by atoms with Crippen LogP contribution in [0.4, 0.5) is 10.5 Å². The number of hydrogen-bond acceptors (Lipinski definition) is 3. The second kappa shape index (κ2) is 6.06. The number of anilines is 1. The van der Waals surface area contributed by atoms with Crippen molar-refractivity contribution >= 4 is 17.7 Å². The van der Waals surface area contributed by atoms with Crippen molar-refractivity contribution in [2.75, 3.05) is 5.32 Å². The van der Waals surface area contributed by atoms with E-state index in [4.69, 9.17) is 10.4 Å². The number of nitrogens with one attached hydrogen (secondary N) is 2. The lowest BCUT2D eigenvalue weighted by Crippen LogP contribution is -2.50. The highest BCUT2D eigenvalue weighted by Crippen LogP contribution is 2.19. The average Bonchev–Trinajstić information content (AvgIpc) is 2.34. The summed E-state index contributed by atoms with van der Waals surface area (Å²) in [5.74, 6) is -1.10. The van der Waals surface area contributed by atoms with E-state index in [1.165, 1.54) is 6.07 Å². The minimum absolute atomic E-state index is 0.411. The maximum absolute atomic E-state index is 11.8. The minimum Gasteiger partial charge on any atom is -0.480 e. The molecular formula is C14H17N3O3. The summed E-state index contributed by atoms with van der Waals surface area (Å²) in [6.07, 6.45) is 0. The molecule has 0 spiro atoms. The number of aliphatic carboxylic acids is 1. The molecule has 106 valence electrons. The zero-order chi connectivity index (χ0) is 15.3. The first kappa shape index (κ1) is 15.5. The Morgan fingerprint density at radius 2 is 2.00 bits per heavy atom. The summed E-state index contributed by atoms with van der Waals surface area (Å²) in [6.45, 7) is 5.17. The first-order valence-corrected chi connectivity index (χ1v) is 6.04. The smallest absolute Gasteiger partial charge is 0.326 e. The molecule has 0 radical (unpaired) electrons. The molecule has 0 saturated carbocycles. The Kier molecular flexibility index (Phi) is 4.70. The monoisotopic (exact) mass is 275 g/mol. The molecule has 0 aromatic heterocycles. The topological polar surface area (TPSA) is 102 Å². The highest BCUT2D eigenvalue weighted by molar-refractivity contribution is 5.92. The number of nitrogens with zero attached hydrogens (tertiary/aromatic N) is 1. The third-order valence-electron chi connectivity index (χ3n) is 2.64. The summed E-state index contributed by atoms with van der Waals surface area (Å²) in [5, 5.41) is 22.8. The van der Waals surface area contributed by atoms with Crippen molar-refractivity contribution in [3.63, 3.8) is 0 Å². The molecular weight excluding hydrogens is 258 g/mol. The highest BCUT2D eigenvalue weighted by atomic mass is 16.4. The van der Waals surface area contributed by atoms with Gasteiger partial charge in [0, 0.05) is 5.69 Å². The maximum Gasteiger partial charge on any atom is 0.326 e. The van der Waals surface area contributed by atoms with E-state index >= 15 is 0 Å². The van der Waals surface area contributed by atoms with Crippen LogP contribution in [0.3, 0.4) is 0 Å². The van der Waals surface area contributed by atoms with Gasteiger partial charge in [0.05, 0.1) is 11.6 Å². The lowest BCUT2D eigenvalue weighted by Gasteiger charge is -2.27. The van der Waals surface area contributed by atoms with Crippen LogP contribution < -0.4 is 10.6 Å². The van der Waals surface area contributed by atoms with E-state index < -0.39 is 23.5 Å². The van der Waals surface area contributed by atoms with Gasteiger partial charge in [-0.3, -0.25) is 0 Å². The normalized spacial score (nSPS) is 12.1. The maximum atomic E-state index is 11.8. The number of carboxylic acid groups (broad SMARTS) is 1. The van der Waals surface area contributed by atoms with Crippen molar-refractivity contribution in [2.24, 2.45) is 5.41 Å². The van der Waals surface area contributed by atoms with E-state index in [9.17, 15) is 9.59 Å². The molecule has 1 rings (SSSR count). The van der Waals surface area contributed by atoms with E-state index in [0.29, 0.717) is 11.3 Å². The molecule has 2 amide bonds. The molecule has 0 aliphatic heterocycles. The minimum atomic E-state index is -1.10. The van der Waals surface area contributed by atoms with Gasteiger partial charge in [-0.15, -0.1) is 0 Å². The Balaban J connectivity index is 2.76. The van der Waals surface area contributed by atoms with E-state index in [1.54, 1.807) is 39.0 Å². The fourth-order valence-electron chi connectivity index (χ4n) is 1.61. The fourth-order valence-corrected chi connectivity index (χ4v) is 1.61. The number of benzene rings is 1. The molecule has 1 unspecified atom stereocenters. The molecule has 3 N–H and O–H groups in total. The van der Waals surface area contributed by atoms with Gasteiger partial charge in [-0.05, 0) is 23.6 Å². The van der Waals surface area contributed by atoms with Crippen LogP contribution in [0.25, 0.3) is 0 Å². The predicted octanol–water partition coefficient (Wildman–Crippen LogP) is 2.18. The Morgan fingerprint density at radius 3 is 2.50 bits per heavy atom. The largest absolute Gasteiger partial charge is 0.480 e. The molecule has 1 aromatic rings. The van der Waals surface area contributed by atoms with Gasteiger partial charge in [-0.2, -0.15) is 5.26 Å². The van der Waals surface area contributed by atoms with Gasteiger partial charge < -0.3 is 15.7 Å². The summed E-state index contributed by atoms with van der Waals surface area (Å²) >= 11 is 0. The lowest BCUT2D eigenvalue weighted by atomic mass is 9.87. The first-order valence-electron chi connectivity index (χ1n) is 6.04. The summed E-state index contributed by atoms with van der Waals surface area (Å²) in [5.41, 5.74) is 0.227. The Labute approximate surface area is 117 Å². The molecule has 1 atom stereocenters. The van der Waals surface area contributed by atoms with Crippen LogP contribution >= 0.6 is 0 Å². The molecule has 0 aliphatic rings. The zero-order valence-electron chi connectivity index (χ0n) is 11.6. The highest BCUT2D eigenvalue weighted by Gasteiger charge is 2.32. The van der Waals surface area contributed by atoms with Crippen LogP contribution in [-0.2, 0) is 4.79 Å². The molecule has 6 nitrogen and oxygen atoms in total. The summed E-state index contributed by atoms with van der Waals surface area (Å²) in [4.78, 5) is 23.0. The van der Waals surface area contributed by atoms with Gasteiger partial charge in [-0.25, -0.2) is 9.59 Å². The second-order valence-electron chi connectivity index (χ2n) is 5.43. The van der Waals surface area contributed by atoms with Gasteiger partial charge in [0.2, 0.25) is 0 Å². The molecule has 0 bridgehead atoms. The van der Waals surface area contributed by atoms with E-state index in [0.717, 1.165) is 0 Å². The van der Waals surface area contributed by atoms with Crippen molar-refractivity contribution in [3.05, 3.63) is 29.8 Å². The van der Waals surface area contributed by atoms with Crippen LogP contribution in [0.2, 0.25) is 0 Å². The Morgan fingerprint density at radius 1 is 1.35 bits per heavy atom. The molecule has 0 fully saturated rings. The number of urea groups is 1. The number of nitriles is 1. The molecule has 0 heterocycles. The number of hydrogen-bond donors (Lipinski definition) is 3. The second-order valence-corrected chi connectivity index (χ2v) is 5.43. The van der Waals surface area contributed by atoms with Gasteiger partial charge in [-0.1, -0.05) is 26.8 Å². The van der Waals surface area contributed by atoms with Gasteiger partial charge in [0.1, 0.15) is 6.04 Å². The van der Waals surface area contributed by atoms with Crippen molar-refractivity contribution in [1.29, 1.82) is 5.26 Å². The van der Waals surface area contributed by atoms with Crippen LogP contribution in [0.15, 0.2) is 24.3 Å². The number of rotatable bonds is 3. The first-order chi connectivity index (χ1) is 9.24. The van der Waals surface area contributed by atoms with E-state index in [1.807, 2.05) is 6.07 Å². The van der Waals surface area contributed by atoms with Gasteiger partial charge >= 0.3 is 12.0 Å². The lowest BCUT2D eigenvalue weighted by molar-refractivity contribution is -0.141. The third kappa shape index (κ3) is 4.28. The number of carbonyl (C=O) groups excluding carboxylic acids is 1. The Bertz CT molecular complexity index is 556. The molecule has 20 heavy (non-hydrogen) atoms. The third-order valence-corrected chi connectivity index (χ3v) is 2.64. The molecule has 6 heteroatoms. The number of carbonyl (C=O) groups is 2. The molecule has 1 aromatic carbocycles. The predicted molar refractivity (Wildman–Crippen MR) is 74.2 cm³/mol.